The van der Waals surface area contributed by atoms with Crippen molar-refractivity contribution < 1.29 is 33.6 Å². The summed E-state index contributed by atoms with van der Waals surface area (Å²) in [7, 11) is 0. The molecule has 4 heterocycles. The number of aromatic hydroxyl groups is 1. The number of ether oxygens (including phenoxy) is 5. The van der Waals surface area contributed by atoms with E-state index in [-0.39, 0.29) is 30.2 Å². The van der Waals surface area contributed by atoms with Gasteiger partial charge in [-0.3, -0.25) is 0 Å². The largest absolute Gasteiger partial charge is 0.508 e. The molecule has 158 valence electrons. The van der Waals surface area contributed by atoms with Crippen molar-refractivity contribution >= 4 is 5.71 Å². The van der Waals surface area contributed by atoms with Gasteiger partial charge in [0, 0.05) is 12.8 Å². The third kappa shape index (κ3) is 3.64. The average Bonchev–Trinajstić information content (AvgIpc) is 3.30. The standard InChI is InChI=1S/C21H27NO7/c1-20(2)25-16-15(24-19-18(17(16)26-20)27-21(3,4)28-19)14-10-13(29-22-14)9-11-5-7-12(23)8-6-11/h5-8,13,15-19,23H,9-10H2,1-4H3/t13?,15-,16+,17+,18-,19-/m1/s1. The van der Waals surface area contributed by atoms with E-state index in [1.165, 1.54) is 0 Å². The molecular weight excluding hydrogens is 378 g/mol. The maximum absolute atomic E-state index is 9.45. The Morgan fingerprint density at radius 1 is 0.931 bits per heavy atom. The highest BCUT2D eigenvalue weighted by molar-refractivity contribution is 5.90. The second-order valence-corrected chi connectivity index (χ2v) is 8.97. The van der Waals surface area contributed by atoms with Crippen molar-refractivity contribution in [2.75, 3.05) is 0 Å². The topological polar surface area (TPSA) is 88.0 Å². The molecule has 0 amide bonds. The minimum atomic E-state index is -0.750. The molecule has 0 spiro atoms. The van der Waals surface area contributed by atoms with Gasteiger partial charge in [0.15, 0.2) is 17.9 Å². The van der Waals surface area contributed by atoms with Crippen molar-refractivity contribution in [3.05, 3.63) is 29.8 Å². The molecule has 8 heteroatoms. The molecular formula is C21H27NO7. The molecule has 0 radical (unpaired) electrons. The van der Waals surface area contributed by atoms with Gasteiger partial charge in [-0.2, -0.15) is 0 Å². The Morgan fingerprint density at radius 2 is 1.59 bits per heavy atom. The van der Waals surface area contributed by atoms with E-state index in [1.54, 1.807) is 12.1 Å². The smallest absolute Gasteiger partial charge is 0.190 e. The zero-order valence-corrected chi connectivity index (χ0v) is 17.0. The minimum absolute atomic E-state index is 0.0955. The van der Waals surface area contributed by atoms with Crippen LogP contribution in [0.4, 0.5) is 0 Å². The number of benzene rings is 1. The van der Waals surface area contributed by atoms with Gasteiger partial charge in [-0.1, -0.05) is 17.3 Å². The average molecular weight is 405 g/mol. The highest BCUT2D eigenvalue weighted by Gasteiger charge is 2.61. The lowest BCUT2D eigenvalue weighted by atomic mass is 9.93. The fourth-order valence-electron chi connectivity index (χ4n) is 4.50. The lowest BCUT2D eigenvalue weighted by molar-refractivity contribution is -0.218. The van der Waals surface area contributed by atoms with E-state index in [4.69, 9.17) is 28.5 Å². The number of nitrogens with zero attached hydrogens (tertiary/aromatic N) is 1. The molecule has 6 atom stereocenters. The van der Waals surface area contributed by atoms with Gasteiger partial charge in [-0.05, 0) is 45.4 Å². The third-order valence-electron chi connectivity index (χ3n) is 5.64. The van der Waals surface area contributed by atoms with E-state index < -0.39 is 24.0 Å². The molecule has 0 bridgehead atoms. The van der Waals surface area contributed by atoms with Gasteiger partial charge in [0.05, 0.1) is 5.71 Å². The van der Waals surface area contributed by atoms with E-state index >= 15 is 0 Å². The fourth-order valence-corrected chi connectivity index (χ4v) is 4.50. The van der Waals surface area contributed by atoms with Gasteiger partial charge in [0.25, 0.3) is 0 Å². The van der Waals surface area contributed by atoms with Crippen LogP contribution in [0.25, 0.3) is 0 Å². The summed E-state index contributed by atoms with van der Waals surface area (Å²) in [6, 6.07) is 7.12. The highest BCUT2D eigenvalue weighted by atomic mass is 16.9. The number of fused-ring (bicyclic) bond motifs is 3. The van der Waals surface area contributed by atoms with Crippen molar-refractivity contribution in [1.82, 2.24) is 0 Å². The predicted molar refractivity (Wildman–Crippen MR) is 101 cm³/mol. The number of rotatable bonds is 3. The van der Waals surface area contributed by atoms with Gasteiger partial charge in [0.1, 0.15) is 36.3 Å². The SMILES string of the molecule is CC1(C)O[C@H]2[C@@H](O1)[C@@H](C1=NOC(Cc3ccc(O)cc3)C1)O[C@@H]1OC(C)(C)O[C@@H]12. The third-order valence-corrected chi connectivity index (χ3v) is 5.64. The first-order valence-electron chi connectivity index (χ1n) is 10.1. The molecule has 1 aromatic rings. The Labute approximate surface area is 169 Å². The fraction of sp³-hybridized carbons (Fsp3) is 0.667. The Kier molecular flexibility index (Phi) is 4.42. The molecule has 4 aliphatic heterocycles. The van der Waals surface area contributed by atoms with Crippen LogP contribution in [0.5, 0.6) is 5.75 Å². The lowest BCUT2D eigenvalue weighted by Gasteiger charge is -2.37. The molecule has 29 heavy (non-hydrogen) atoms. The maximum Gasteiger partial charge on any atom is 0.190 e. The van der Waals surface area contributed by atoms with Crippen LogP contribution in [0.15, 0.2) is 29.4 Å². The molecule has 4 aliphatic rings. The zero-order valence-electron chi connectivity index (χ0n) is 17.0. The summed E-state index contributed by atoms with van der Waals surface area (Å²) < 4.78 is 30.6. The van der Waals surface area contributed by atoms with Gasteiger partial charge in [-0.15, -0.1) is 0 Å². The molecule has 0 aromatic heterocycles. The van der Waals surface area contributed by atoms with E-state index in [2.05, 4.69) is 5.16 Å². The summed E-state index contributed by atoms with van der Waals surface area (Å²) in [6.07, 6.45) is -0.771. The second-order valence-electron chi connectivity index (χ2n) is 8.97. The highest BCUT2D eigenvalue weighted by Crippen LogP contribution is 2.45. The summed E-state index contributed by atoms with van der Waals surface area (Å²) in [5, 5.41) is 13.8. The van der Waals surface area contributed by atoms with Crippen molar-refractivity contribution in [1.29, 1.82) is 0 Å². The van der Waals surface area contributed by atoms with Crippen molar-refractivity contribution in [3.63, 3.8) is 0 Å². The van der Waals surface area contributed by atoms with Crippen LogP contribution in [0, 0.1) is 0 Å². The van der Waals surface area contributed by atoms with E-state index in [0.717, 1.165) is 11.3 Å². The van der Waals surface area contributed by atoms with Gasteiger partial charge in [0.2, 0.25) is 0 Å². The van der Waals surface area contributed by atoms with Gasteiger partial charge >= 0.3 is 0 Å². The quantitative estimate of drug-likeness (QED) is 0.826. The number of phenols is 1. The van der Waals surface area contributed by atoms with Crippen molar-refractivity contribution in [2.24, 2.45) is 5.16 Å². The Morgan fingerprint density at radius 3 is 2.34 bits per heavy atom. The number of hydrogen-bond donors (Lipinski definition) is 1. The summed E-state index contributed by atoms with van der Waals surface area (Å²) in [5.74, 6) is -1.25. The normalized spacial score (nSPS) is 39.5. The Balaban J connectivity index is 1.32. The van der Waals surface area contributed by atoms with Crippen LogP contribution in [-0.4, -0.2) is 59.2 Å². The molecule has 0 aliphatic carbocycles. The van der Waals surface area contributed by atoms with Crippen LogP contribution >= 0.6 is 0 Å². The maximum atomic E-state index is 9.45. The van der Waals surface area contributed by atoms with E-state index in [9.17, 15) is 5.11 Å². The first-order chi connectivity index (χ1) is 13.7. The molecule has 3 fully saturated rings. The Hall–Kier alpha value is -1.71. The molecule has 5 rings (SSSR count). The summed E-state index contributed by atoms with van der Waals surface area (Å²) in [4.78, 5) is 5.68. The van der Waals surface area contributed by atoms with Crippen LogP contribution in [0.1, 0.15) is 39.7 Å². The van der Waals surface area contributed by atoms with Crippen LogP contribution in [0.3, 0.4) is 0 Å². The number of oxime groups is 1. The summed E-state index contributed by atoms with van der Waals surface area (Å²) in [5.41, 5.74) is 1.86. The van der Waals surface area contributed by atoms with Gasteiger partial charge < -0.3 is 33.6 Å². The second kappa shape index (κ2) is 6.65. The monoisotopic (exact) mass is 405 g/mol. The summed E-state index contributed by atoms with van der Waals surface area (Å²) in [6.45, 7) is 7.50. The van der Waals surface area contributed by atoms with Crippen molar-refractivity contribution in [2.45, 2.75) is 88.9 Å². The molecule has 3 saturated heterocycles. The molecule has 1 unspecified atom stereocenters. The number of hydrogen-bond acceptors (Lipinski definition) is 8. The lowest BCUT2D eigenvalue weighted by Crippen LogP contribution is -2.57. The molecule has 1 aromatic carbocycles. The molecule has 1 N–H and O–H groups in total. The van der Waals surface area contributed by atoms with Gasteiger partial charge in [-0.25, -0.2) is 0 Å². The van der Waals surface area contributed by atoms with E-state index in [1.807, 2.05) is 39.8 Å². The van der Waals surface area contributed by atoms with Crippen LogP contribution < -0.4 is 0 Å². The van der Waals surface area contributed by atoms with E-state index in [0.29, 0.717) is 12.8 Å². The van der Waals surface area contributed by atoms with Crippen LogP contribution in [0.2, 0.25) is 0 Å². The molecule has 8 nitrogen and oxygen atoms in total. The summed E-state index contributed by atoms with van der Waals surface area (Å²) >= 11 is 0. The molecule has 0 saturated carbocycles. The first kappa shape index (κ1) is 19.3. The number of phenolic OH excluding ortho intramolecular Hbond substituents is 1. The minimum Gasteiger partial charge on any atom is -0.508 e. The Bertz CT molecular complexity index is 806. The first-order valence-corrected chi connectivity index (χ1v) is 10.1. The van der Waals surface area contributed by atoms with Crippen molar-refractivity contribution in [3.8, 4) is 5.75 Å². The van der Waals surface area contributed by atoms with Crippen LogP contribution in [-0.2, 0) is 34.9 Å². The predicted octanol–water partition coefficient (Wildman–Crippen LogP) is 2.48. The zero-order chi connectivity index (χ0) is 20.4.